The zero-order valence-electron chi connectivity index (χ0n) is 15.5. The van der Waals surface area contributed by atoms with Gasteiger partial charge in [-0.25, -0.2) is 4.79 Å². The van der Waals surface area contributed by atoms with E-state index in [2.05, 4.69) is 6.92 Å². The van der Waals surface area contributed by atoms with Crippen molar-refractivity contribution >= 4 is 11.0 Å². The molecule has 1 aromatic heterocycles. The zero-order chi connectivity index (χ0) is 18.5. The maximum absolute atomic E-state index is 11.9. The molecule has 136 valence electrons. The number of methoxy groups -OCH3 is 1. The highest BCUT2D eigenvalue weighted by Gasteiger charge is 2.13. The third kappa shape index (κ3) is 4.07. The second-order valence-corrected chi connectivity index (χ2v) is 6.47. The van der Waals surface area contributed by atoms with E-state index < -0.39 is 0 Å². The Hall–Kier alpha value is -2.75. The predicted octanol–water partition coefficient (Wildman–Crippen LogP) is 5.03. The molecular weight excluding hydrogens is 328 g/mol. The fraction of sp³-hybridized carbons (Fsp3) is 0.318. The molecule has 0 fully saturated rings. The SMILES string of the molecule is CCCCc1cc(=O)oc2cc(C)cc(OCc3cccc(OC)c3)c12. The van der Waals surface area contributed by atoms with Gasteiger partial charge >= 0.3 is 5.63 Å². The molecule has 0 aliphatic rings. The van der Waals surface area contributed by atoms with E-state index in [4.69, 9.17) is 13.9 Å². The van der Waals surface area contributed by atoms with Gasteiger partial charge in [0.15, 0.2) is 0 Å². The van der Waals surface area contributed by atoms with Crippen LogP contribution in [-0.4, -0.2) is 7.11 Å². The molecule has 0 saturated heterocycles. The van der Waals surface area contributed by atoms with E-state index in [0.717, 1.165) is 52.8 Å². The van der Waals surface area contributed by atoms with Crippen molar-refractivity contribution < 1.29 is 13.9 Å². The van der Waals surface area contributed by atoms with Crippen LogP contribution >= 0.6 is 0 Å². The molecule has 0 saturated carbocycles. The van der Waals surface area contributed by atoms with Gasteiger partial charge in [0.05, 0.1) is 12.5 Å². The monoisotopic (exact) mass is 352 g/mol. The van der Waals surface area contributed by atoms with Crippen LogP contribution in [0.5, 0.6) is 11.5 Å². The van der Waals surface area contributed by atoms with Crippen LogP contribution in [0.1, 0.15) is 36.5 Å². The quantitative estimate of drug-likeness (QED) is 0.560. The van der Waals surface area contributed by atoms with Crippen LogP contribution < -0.4 is 15.1 Å². The van der Waals surface area contributed by atoms with Gasteiger partial charge in [-0.3, -0.25) is 0 Å². The molecule has 0 unspecified atom stereocenters. The summed E-state index contributed by atoms with van der Waals surface area (Å²) in [6.45, 7) is 4.52. The highest BCUT2D eigenvalue weighted by molar-refractivity contribution is 5.87. The van der Waals surface area contributed by atoms with Crippen molar-refractivity contribution in [3.8, 4) is 11.5 Å². The van der Waals surface area contributed by atoms with Gasteiger partial charge in [-0.1, -0.05) is 25.5 Å². The Balaban J connectivity index is 1.99. The van der Waals surface area contributed by atoms with Gasteiger partial charge < -0.3 is 13.9 Å². The third-order valence-electron chi connectivity index (χ3n) is 4.36. The largest absolute Gasteiger partial charge is 0.497 e. The number of aryl methyl sites for hydroxylation is 2. The van der Waals surface area contributed by atoms with E-state index in [-0.39, 0.29) is 5.63 Å². The maximum atomic E-state index is 11.9. The lowest BCUT2D eigenvalue weighted by Gasteiger charge is -2.13. The number of unbranched alkanes of at least 4 members (excludes halogenated alkanes) is 1. The smallest absolute Gasteiger partial charge is 0.336 e. The lowest BCUT2D eigenvalue weighted by molar-refractivity contribution is 0.308. The number of ether oxygens (including phenoxy) is 2. The average Bonchev–Trinajstić information content (AvgIpc) is 2.63. The van der Waals surface area contributed by atoms with Crippen molar-refractivity contribution in [3.63, 3.8) is 0 Å². The molecule has 0 aliphatic heterocycles. The average molecular weight is 352 g/mol. The van der Waals surface area contributed by atoms with E-state index in [9.17, 15) is 4.79 Å². The Kier molecular flexibility index (Phi) is 5.61. The Bertz CT molecular complexity index is 956. The van der Waals surface area contributed by atoms with Crippen molar-refractivity contribution in [2.24, 2.45) is 0 Å². The van der Waals surface area contributed by atoms with E-state index in [1.165, 1.54) is 0 Å². The molecule has 0 bridgehead atoms. The Morgan fingerprint density at radius 1 is 1.12 bits per heavy atom. The molecule has 0 radical (unpaired) electrons. The summed E-state index contributed by atoms with van der Waals surface area (Å²) in [5, 5.41) is 0.895. The first kappa shape index (κ1) is 18.1. The Morgan fingerprint density at radius 2 is 1.96 bits per heavy atom. The Labute approximate surface area is 153 Å². The summed E-state index contributed by atoms with van der Waals surface area (Å²) in [5.41, 5.74) is 3.27. The van der Waals surface area contributed by atoms with E-state index in [1.807, 2.05) is 43.3 Å². The van der Waals surface area contributed by atoms with Crippen LogP contribution in [-0.2, 0) is 13.0 Å². The van der Waals surface area contributed by atoms with Gasteiger partial charge in [0, 0.05) is 6.07 Å². The highest BCUT2D eigenvalue weighted by atomic mass is 16.5. The maximum Gasteiger partial charge on any atom is 0.336 e. The minimum absolute atomic E-state index is 0.312. The second kappa shape index (κ2) is 8.09. The van der Waals surface area contributed by atoms with Crippen molar-refractivity contribution in [2.75, 3.05) is 7.11 Å². The number of hydrogen-bond acceptors (Lipinski definition) is 4. The topological polar surface area (TPSA) is 48.7 Å². The van der Waals surface area contributed by atoms with Crippen LogP contribution in [0.25, 0.3) is 11.0 Å². The minimum atomic E-state index is -0.312. The predicted molar refractivity (Wildman–Crippen MR) is 103 cm³/mol. The van der Waals surface area contributed by atoms with E-state index >= 15 is 0 Å². The third-order valence-corrected chi connectivity index (χ3v) is 4.36. The molecule has 2 aromatic carbocycles. The number of fused-ring (bicyclic) bond motifs is 1. The molecule has 0 amide bonds. The molecule has 3 aromatic rings. The summed E-state index contributed by atoms with van der Waals surface area (Å²) in [7, 11) is 1.65. The molecule has 0 N–H and O–H groups in total. The molecule has 1 heterocycles. The fourth-order valence-electron chi connectivity index (χ4n) is 3.07. The summed E-state index contributed by atoms with van der Waals surface area (Å²) < 4.78 is 16.8. The van der Waals surface area contributed by atoms with Gasteiger partial charge in [0.1, 0.15) is 23.7 Å². The minimum Gasteiger partial charge on any atom is -0.497 e. The molecule has 0 aliphatic carbocycles. The number of rotatable bonds is 7. The van der Waals surface area contributed by atoms with Gasteiger partial charge in [0.25, 0.3) is 0 Å². The summed E-state index contributed by atoms with van der Waals surface area (Å²) in [4.78, 5) is 11.9. The molecule has 3 rings (SSSR count). The zero-order valence-corrected chi connectivity index (χ0v) is 15.5. The van der Waals surface area contributed by atoms with Crippen molar-refractivity contribution in [3.05, 3.63) is 69.6 Å². The van der Waals surface area contributed by atoms with Crippen LogP contribution in [0, 0.1) is 6.92 Å². The Morgan fingerprint density at radius 3 is 2.73 bits per heavy atom. The van der Waals surface area contributed by atoms with Gasteiger partial charge in [-0.05, 0) is 60.7 Å². The number of hydrogen-bond donors (Lipinski definition) is 0. The highest BCUT2D eigenvalue weighted by Crippen LogP contribution is 2.31. The van der Waals surface area contributed by atoms with Crippen molar-refractivity contribution in [1.29, 1.82) is 0 Å². The van der Waals surface area contributed by atoms with Crippen LogP contribution in [0.4, 0.5) is 0 Å². The standard InChI is InChI=1S/C22H24O4/c1-4-5-8-17-13-21(23)26-20-11-15(2)10-19(22(17)20)25-14-16-7-6-9-18(12-16)24-3/h6-7,9-13H,4-5,8,14H2,1-3H3. The summed E-state index contributed by atoms with van der Waals surface area (Å²) in [5.74, 6) is 1.55. The number of benzene rings is 2. The van der Waals surface area contributed by atoms with Gasteiger partial charge in [-0.15, -0.1) is 0 Å². The first-order chi connectivity index (χ1) is 12.6. The first-order valence-corrected chi connectivity index (χ1v) is 8.94. The molecule has 26 heavy (non-hydrogen) atoms. The van der Waals surface area contributed by atoms with Crippen LogP contribution in [0.2, 0.25) is 0 Å². The van der Waals surface area contributed by atoms with Crippen molar-refractivity contribution in [2.45, 2.75) is 39.7 Å². The molecule has 4 heteroatoms. The molecule has 0 spiro atoms. The fourth-order valence-corrected chi connectivity index (χ4v) is 3.07. The van der Waals surface area contributed by atoms with E-state index in [1.54, 1.807) is 13.2 Å². The summed E-state index contributed by atoms with van der Waals surface area (Å²) >= 11 is 0. The summed E-state index contributed by atoms with van der Waals surface area (Å²) in [6, 6.07) is 13.3. The van der Waals surface area contributed by atoms with E-state index in [0.29, 0.717) is 12.2 Å². The molecule has 0 atom stereocenters. The van der Waals surface area contributed by atoms with Crippen molar-refractivity contribution in [1.82, 2.24) is 0 Å². The normalized spacial score (nSPS) is 10.9. The summed E-state index contributed by atoms with van der Waals surface area (Å²) in [6.07, 6.45) is 2.91. The lowest BCUT2D eigenvalue weighted by Crippen LogP contribution is -2.04. The van der Waals surface area contributed by atoms with Crippen LogP contribution in [0.3, 0.4) is 0 Å². The van der Waals surface area contributed by atoms with Crippen LogP contribution in [0.15, 0.2) is 51.7 Å². The first-order valence-electron chi connectivity index (χ1n) is 8.94. The second-order valence-electron chi connectivity index (χ2n) is 6.47. The molecule has 4 nitrogen and oxygen atoms in total. The lowest BCUT2D eigenvalue weighted by atomic mass is 10.0. The van der Waals surface area contributed by atoms with Gasteiger partial charge in [0.2, 0.25) is 0 Å². The van der Waals surface area contributed by atoms with Gasteiger partial charge in [-0.2, -0.15) is 0 Å². The molecular formula is C22H24O4.